The molecule has 1 heteroatoms. The van der Waals surface area contributed by atoms with Crippen LogP contribution in [0.2, 0.25) is 0 Å². The van der Waals surface area contributed by atoms with E-state index in [-0.39, 0.29) is 6.10 Å². The molecule has 0 aromatic carbocycles. The molecule has 0 bridgehead atoms. The standard InChI is InChI=1S/C11H18O/c1-8-4-2-5-9-6-3-7-10(12)11(8)9/h5,8,10-12H,2-4,6-7H2,1H3. The van der Waals surface area contributed by atoms with Gasteiger partial charge in [-0.15, -0.1) is 0 Å². The molecule has 68 valence electrons. The molecule has 0 amide bonds. The lowest BCUT2D eigenvalue weighted by molar-refractivity contribution is 0.0650. The molecule has 0 aliphatic heterocycles. The second kappa shape index (κ2) is 3.21. The molecule has 3 unspecified atom stereocenters. The minimum Gasteiger partial charge on any atom is -0.392 e. The molecule has 0 heterocycles. The van der Waals surface area contributed by atoms with E-state index in [0.29, 0.717) is 11.8 Å². The summed E-state index contributed by atoms with van der Waals surface area (Å²) in [6.07, 6.45) is 8.28. The predicted molar refractivity (Wildman–Crippen MR) is 49.8 cm³/mol. The minimum atomic E-state index is -0.0414. The maximum absolute atomic E-state index is 9.83. The van der Waals surface area contributed by atoms with Crippen LogP contribution in [0.3, 0.4) is 0 Å². The number of aliphatic hydroxyl groups excluding tert-OH is 1. The van der Waals surface area contributed by atoms with E-state index in [0.717, 1.165) is 6.42 Å². The summed E-state index contributed by atoms with van der Waals surface area (Å²) in [5.41, 5.74) is 1.55. The zero-order valence-electron chi connectivity index (χ0n) is 7.79. The molecule has 1 nitrogen and oxygen atoms in total. The van der Waals surface area contributed by atoms with Gasteiger partial charge in [0, 0.05) is 5.92 Å². The van der Waals surface area contributed by atoms with Crippen molar-refractivity contribution in [3.05, 3.63) is 11.6 Å². The first-order chi connectivity index (χ1) is 5.79. The molecule has 1 N–H and O–H groups in total. The quantitative estimate of drug-likeness (QED) is 0.548. The van der Waals surface area contributed by atoms with Crippen LogP contribution in [0.5, 0.6) is 0 Å². The summed E-state index contributed by atoms with van der Waals surface area (Å²) in [4.78, 5) is 0. The number of hydrogen-bond acceptors (Lipinski definition) is 1. The van der Waals surface area contributed by atoms with Gasteiger partial charge >= 0.3 is 0 Å². The van der Waals surface area contributed by atoms with Crippen LogP contribution in [0.25, 0.3) is 0 Å². The summed E-state index contributed by atoms with van der Waals surface area (Å²) < 4.78 is 0. The number of fused-ring (bicyclic) bond motifs is 1. The number of aliphatic hydroxyl groups is 1. The molecule has 1 saturated carbocycles. The van der Waals surface area contributed by atoms with Crippen molar-refractivity contribution in [1.82, 2.24) is 0 Å². The van der Waals surface area contributed by atoms with Crippen molar-refractivity contribution in [2.24, 2.45) is 11.8 Å². The Balaban J connectivity index is 2.19. The van der Waals surface area contributed by atoms with Crippen LogP contribution in [0.4, 0.5) is 0 Å². The van der Waals surface area contributed by atoms with Crippen LogP contribution < -0.4 is 0 Å². The van der Waals surface area contributed by atoms with Crippen LogP contribution in [-0.2, 0) is 0 Å². The molecule has 0 saturated heterocycles. The van der Waals surface area contributed by atoms with Gasteiger partial charge in [0.15, 0.2) is 0 Å². The topological polar surface area (TPSA) is 20.2 Å². The van der Waals surface area contributed by atoms with E-state index >= 15 is 0 Å². The average Bonchev–Trinajstić information content (AvgIpc) is 2.04. The van der Waals surface area contributed by atoms with Crippen LogP contribution in [0.1, 0.15) is 39.0 Å². The number of allylic oxidation sites excluding steroid dienone is 1. The Morgan fingerprint density at radius 3 is 3.00 bits per heavy atom. The normalized spacial score (nSPS) is 41.8. The van der Waals surface area contributed by atoms with E-state index < -0.39 is 0 Å². The van der Waals surface area contributed by atoms with Crippen molar-refractivity contribution < 1.29 is 5.11 Å². The highest BCUT2D eigenvalue weighted by molar-refractivity contribution is 5.15. The molecule has 3 atom stereocenters. The monoisotopic (exact) mass is 166 g/mol. The fourth-order valence-electron chi connectivity index (χ4n) is 2.80. The molecular formula is C11H18O. The van der Waals surface area contributed by atoms with Crippen LogP contribution in [-0.4, -0.2) is 11.2 Å². The Labute approximate surface area is 74.5 Å². The molecule has 2 rings (SSSR count). The summed E-state index contributed by atoms with van der Waals surface area (Å²) in [7, 11) is 0. The van der Waals surface area contributed by atoms with Gasteiger partial charge in [-0.05, 0) is 38.0 Å². The van der Waals surface area contributed by atoms with E-state index in [9.17, 15) is 5.11 Å². The molecule has 2 aliphatic carbocycles. The maximum atomic E-state index is 9.83. The van der Waals surface area contributed by atoms with Crippen molar-refractivity contribution >= 4 is 0 Å². The molecule has 12 heavy (non-hydrogen) atoms. The Kier molecular flexibility index (Phi) is 2.22. The van der Waals surface area contributed by atoms with Gasteiger partial charge in [0.05, 0.1) is 6.10 Å². The Hall–Kier alpha value is -0.300. The molecular weight excluding hydrogens is 148 g/mol. The minimum absolute atomic E-state index is 0.0414. The molecule has 0 radical (unpaired) electrons. The predicted octanol–water partition coefficient (Wildman–Crippen LogP) is 2.50. The lowest BCUT2D eigenvalue weighted by Gasteiger charge is -2.37. The van der Waals surface area contributed by atoms with Crippen molar-refractivity contribution in [3.63, 3.8) is 0 Å². The third-order valence-electron chi connectivity index (χ3n) is 3.45. The van der Waals surface area contributed by atoms with Gasteiger partial charge in [0.2, 0.25) is 0 Å². The van der Waals surface area contributed by atoms with Gasteiger partial charge < -0.3 is 5.11 Å². The zero-order chi connectivity index (χ0) is 8.55. The van der Waals surface area contributed by atoms with Crippen molar-refractivity contribution in [2.75, 3.05) is 0 Å². The van der Waals surface area contributed by atoms with Crippen molar-refractivity contribution in [1.29, 1.82) is 0 Å². The first-order valence-corrected chi connectivity index (χ1v) is 5.16. The first kappa shape index (κ1) is 8.31. The first-order valence-electron chi connectivity index (χ1n) is 5.16. The smallest absolute Gasteiger partial charge is 0.0608 e. The second-order valence-corrected chi connectivity index (χ2v) is 4.32. The molecule has 0 aromatic rings. The SMILES string of the molecule is CC1CCC=C2CCCC(O)C21. The van der Waals surface area contributed by atoms with Gasteiger partial charge in [-0.1, -0.05) is 18.6 Å². The Morgan fingerprint density at radius 2 is 2.25 bits per heavy atom. The van der Waals surface area contributed by atoms with Crippen LogP contribution in [0.15, 0.2) is 11.6 Å². The third kappa shape index (κ3) is 1.31. The zero-order valence-corrected chi connectivity index (χ0v) is 7.79. The summed E-state index contributed by atoms with van der Waals surface area (Å²) in [6.45, 7) is 2.28. The average molecular weight is 166 g/mol. The van der Waals surface area contributed by atoms with E-state index in [1.54, 1.807) is 5.57 Å². The highest BCUT2D eigenvalue weighted by Crippen LogP contribution is 2.40. The second-order valence-electron chi connectivity index (χ2n) is 4.32. The van der Waals surface area contributed by atoms with Gasteiger partial charge in [-0.3, -0.25) is 0 Å². The van der Waals surface area contributed by atoms with Crippen LogP contribution >= 0.6 is 0 Å². The summed E-state index contributed by atoms with van der Waals surface area (Å²) in [6, 6.07) is 0. The molecule has 0 aromatic heterocycles. The maximum Gasteiger partial charge on any atom is 0.0608 e. The van der Waals surface area contributed by atoms with E-state index in [2.05, 4.69) is 13.0 Å². The fraction of sp³-hybridized carbons (Fsp3) is 0.818. The van der Waals surface area contributed by atoms with Crippen LogP contribution in [0, 0.1) is 11.8 Å². The van der Waals surface area contributed by atoms with E-state index in [4.69, 9.17) is 0 Å². The highest BCUT2D eigenvalue weighted by atomic mass is 16.3. The lowest BCUT2D eigenvalue weighted by Crippen LogP contribution is -2.33. The Bertz CT molecular complexity index is 195. The lowest BCUT2D eigenvalue weighted by atomic mass is 9.70. The van der Waals surface area contributed by atoms with E-state index in [1.807, 2.05) is 0 Å². The summed E-state index contributed by atoms with van der Waals surface area (Å²) >= 11 is 0. The van der Waals surface area contributed by atoms with Gasteiger partial charge in [0.25, 0.3) is 0 Å². The van der Waals surface area contributed by atoms with Gasteiger partial charge in [0.1, 0.15) is 0 Å². The largest absolute Gasteiger partial charge is 0.392 e. The number of hydrogen-bond donors (Lipinski definition) is 1. The molecule has 2 aliphatic rings. The van der Waals surface area contributed by atoms with Gasteiger partial charge in [-0.2, -0.15) is 0 Å². The van der Waals surface area contributed by atoms with Crippen molar-refractivity contribution in [3.8, 4) is 0 Å². The Morgan fingerprint density at radius 1 is 1.42 bits per heavy atom. The van der Waals surface area contributed by atoms with E-state index in [1.165, 1.54) is 25.7 Å². The summed E-state index contributed by atoms with van der Waals surface area (Å²) in [5.74, 6) is 1.22. The molecule has 0 spiro atoms. The summed E-state index contributed by atoms with van der Waals surface area (Å²) in [5, 5.41) is 9.83. The molecule has 1 fully saturated rings. The highest BCUT2D eigenvalue weighted by Gasteiger charge is 2.33. The third-order valence-corrected chi connectivity index (χ3v) is 3.45. The van der Waals surface area contributed by atoms with Crippen molar-refractivity contribution in [2.45, 2.75) is 45.1 Å². The fourth-order valence-corrected chi connectivity index (χ4v) is 2.80. The number of rotatable bonds is 0. The van der Waals surface area contributed by atoms with Gasteiger partial charge in [-0.25, -0.2) is 0 Å².